The Hall–Kier alpha value is -1.31. The number of hydrogen-bond acceptors (Lipinski definition) is 5. The van der Waals surface area contributed by atoms with Crippen molar-refractivity contribution in [2.24, 2.45) is 4.99 Å². The molecule has 0 aromatic heterocycles. The second-order valence-electron chi connectivity index (χ2n) is 7.18. The summed E-state index contributed by atoms with van der Waals surface area (Å²) in [4.78, 5) is 6.95. The van der Waals surface area contributed by atoms with Crippen molar-refractivity contribution in [1.82, 2.24) is 0 Å². The van der Waals surface area contributed by atoms with Gasteiger partial charge in [0.25, 0.3) is 0 Å². The minimum Gasteiger partial charge on any atom is -0.315 e. The van der Waals surface area contributed by atoms with E-state index in [-0.39, 0.29) is 23.6 Å². The fourth-order valence-corrected chi connectivity index (χ4v) is 6.73. The molecule has 2 aromatic carbocycles. The van der Waals surface area contributed by atoms with E-state index in [0.29, 0.717) is 0 Å². The summed E-state index contributed by atoms with van der Waals surface area (Å²) in [5.41, 5.74) is 4.68. The summed E-state index contributed by atoms with van der Waals surface area (Å²) in [6.07, 6.45) is 0. The van der Waals surface area contributed by atoms with Gasteiger partial charge in [0.15, 0.2) is 15.0 Å². The summed E-state index contributed by atoms with van der Waals surface area (Å²) < 4.78 is 25.4. The standard InChI is InChI=1S/C20H21BrN2O2S2/c1-13-3-8-17(9-14(13)2)23-19-12-27(24,25)11-18(19)22-20(23)26-10-15-4-6-16(21)7-5-15/h3-9,18-19H,10-12H2,1-2H3/t18-,19-/m0/s1. The molecule has 0 aliphatic carbocycles. The van der Waals surface area contributed by atoms with Gasteiger partial charge in [0.2, 0.25) is 0 Å². The summed E-state index contributed by atoms with van der Waals surface area (Å²) in [5.74, 6) is 1.14. The molecule has 1 fully saturated rings. The zero-order chi connectivity index (χ0) is 19.2. The zero-order valence-corrected chi connectivity index (χ0v) is 18.4. The molecule has 0 unspecified atom stereocenters. The van der Waals surface area contributed by atoms with Crippen LogP contribution in [0.15, 0.2) is 51.9 Å². The lowest BCUT2D eigenvalue weighted by atomic mass is 10.1. The van der Waals surface area contributed by atoms with Crippen molar-refractivity contribution >= 4 is 48.4 Å². The van der Waals surface area contributed by atoms with Crippen LogP contribution < -0.4 is 4.90 Å². The lowest BCUT2D eigenvalue weighted by Crippen LogP contribution is -2.39. The monoisotopic (exact) mass is 464 g/mol. The highest BCUT2D eigenvalue weighted by Crippen LogP contribution is 2.36. The number of sulfone groups is 1. The first-order chi connectivity index (χ1) is 12.8. The van der Waals surface area contributed by atoms with Gasteiger partial charge in [-0.05, 0) is 54.8 Å². The van der Waals surface area contributed by atoms with Gasteiger partial charge in [-0.15, -0.1) is 0 Å². The third-order valence-corrected chi connectivity index (χ3v) is 8.42. The lowest BCUT2D eigenvalue weighted by molar-refractivity contribution is 0.601. The Morgan fingerprint density at radius 3 is 2.56 bits per heavy atom. The van der Waals surface area contributed by atoms with Gasteiger partial charge in [-0.2, -0.15) is 0 Å². The van der Waals surface area contributed by atoms with Gasteiger partial charge in [0.05, 0.1) is 23.6 Å². The number of amidine groups is 1. The molecule has 0 amide bonds. The van der Waals surface area contributed by atoms with E-state index in [4.69, 9.17) is 4.99 Å². The van der Waals surface area contributed by atoms with E-state index in [1.807, 2.05) is 12.1 Å². The van der Waals surface area contributed by atoms with Gasteiger partial charge in [-0.1, -0.05) is 45.9 Å². The van der Waals surface area contributed by atoms with Crippen LogP contribution >= 0.6 is 27.7 Å². The molecule has 2 aromatic rings. The predicted molar refractivity (Wildman–Crippen MR) is 117 cm³/mol. The molecule has 142 valence electrons. The molecule has 2 aliphatic rings. The smallest absolute Gasteiger partial charge is 0.164 e. The molecule has 7 heteroatoms. The molecular weight excluding hydrogens is 444 g/mol. The molecule has 2 atom stereocenters. The van der Waals surface area contributed by atoms with E-state index in [1.165, 1.54) is 16.7 Å². The fraction of sp³-hybridized carbons (Fsp3) is 0.350. The average molecular weight is 465 g/mol. The normalized spacial score (nSPS) is 23.4. The Kier molecular flexibility index (Phi) is 5.12. The summed E-state index contributed by atoms with van der Waals surface area (Å²) in [5, 5.41) is 0.922. The Bertz CT molecular complexity index is 1000. The maximum atomic E-state index is 12.2. The van der Waals surface area contributed by atoms with Crippen molar-refractivity contribution in [3.63, 3.8) is 0 Å². The van der Waals surface area contributed by atoms with Crippen molar-refractivity contribution in [2.45, 2.75) is 31.7 Å². The van der Waals surface area contributed by atoms with E-state index < -0.39 is 9.84 Å². The van der Waals surface area contributed by atoms with Crippen LogP contribution in [0.4, 0.5) is 5.69 Å². The lowest BCUT2D eigenvalue weighted by Gasteiger charge is -2.27. The third-order valence-electron chi connectivity index (χ3n) is 5.16. The van der Waals surface area contributed by atoms with Crippen LogP contribution in [0.3, 0.4) is 0 Å². The predicted octanol–water partition coefficient (Wildman–Crippen LogP) is 4.34. The van der Waals surface area contributed by atoms with Crippen LogP contribution in [0, 0.1) is 13.8 Å². The molecule has 0 N–H and O–H groups in total. The van der Waals surface area contributed by atoms with Crippen LogP contribution in [-0.4, -0.2) is 37.2 Å². The van der Waals surface area contributed by atoms with Gasteiger partial charge in [0, 0.05) is 15.9 Å². The number of aliphatic imine (C=N–C) groups is 1. The Labute approximate surface area is 173 Å². The Balaban J connectivity index is 1.63. The molecular formula is C20H21BrN2O2S2. The first kappa shape index (κ1) is 19.0. The molecule has 0 saturated carbocycles. The van der Waals surface area contributed by atoms with E-state index in [0.717, 1.165) is 21.1 Å². The second kappa shape index (κ2) is 7.26. The molecule has 4 rings (SSSR count). The Morgan fingerprint density at radius 1 is 1.11 bits per heavy atom. The van der Waals surface area contributed by atoms with Crippen molar-refractivity contribution in [2.75, 3.05) is 16.4 Å². The van der Waals surface area contributed by atoms with Gasteiger partial charge in [0.1, 0.15) is 0 Å². The number of anilines is 1. The molecule has 2 aliphatic heterocycles. The molecule has 27 heavy (non-hydrogen) atoms. The number of benzene rings is 2. The number of rotatable bonds is 3. The number of hydrogen-bond donors (Lipinski definition) is 0. The maximum absolute atomic E-state index is 12.2. The molecule has 0 bridgehead atoms. The van der Waals surface area contributed by atoms with Crippen molar-refractivity contribution in [3.8, 4) is 0 Å². The molecule has 2 heterocycles. The van der Waals surface area contributed by atoms with Gasteiger partial charge < -0.3 is 4.90 Å². The van der Waals surface area contributed by atoms with Crippen LogP contribution in [0.5, 0.6) is 0 Å². The van der Waals surface area contributed by atoms with E-state index >= 15 is 0 Å². The summed E-state index contributed by atoms with van der Waals surface area (Å²) in [7, 11) is -3.02. The quantitative estimate of drug-likeness (QED) is 0.677. The summed E-state index contributed by atoms with van der Waals surface area (Å²) in [6.45, 7) is 4.17. The van der Waals surface area contributed by atoms with Gasteiger partial charge in [-0.25, -0.2) is 8.42 Å². The van der Waals surface area contributed by atoms with E-state index in [1.54, 1.807) is 11.8 Å². The minimum atomic E-state index is -3.02. The number of halogens is 1. The van der Waals surface area contributed by atoms with Crippen LogP contribution in [-0.2, 0) is 15.6 Å². The fourth-order valence-electron chi connectivity index (χ4n) is 3.54. The van der Waals surface area contributed by atoms with E-state index in [9.17, 15) is 8.42 Å². The third kappa shape index (κ3) is 3.96. The van der Waals surface area contributed by atoms with Crippen molar-refractivity contribution in [1.29, 1.82) is 0 Å². The van der Waals surface area contributed by atoms with Crippen LogP contribution in [0.1, 0.15) is 16.7 Å². The van der Waals surface area contributed by atoms with Crippen molar-refractivity contribution in [3.05, 3.63) is 63.6 Å². The van der Waals surface area contributed by atoms with E-state index in [2.05, 4.69) is 65.0 Å². The highest BCUT2D eigenvalue weighted by atomic mass is 79.9. The Morgan fingerprint density at radius 2 is 1.85 bits per heavy atom. The maximum Gasteiger partial charge on any atom is 0.164 e. The van der Waals surface area contributed by atoms with Crippen LogP contribution in [0.25, 0.3) is 0 Å². The summed E-state index contributed by atoms with van der Waals surface area (Å²) >= 11 is 5.14. The number of thioether (sulfide) groups is 1. The first-order valence-corrected chi connectivity index (χ1v) is 12.4. The SMILES string of the molecule is Cc1ccc(N2C(SCc3ccc(Br)cc3)=N[C@H]3CS(=O)(=O)C[C@@H]32)cc1C. The molecule has 4 nitrogen and oxygen atoms in total. The average Bonchev–Trinajstić information content (AvgIpc) is 3.08. The molecule has 1 saturated heterocycles. The van der Waals surface area contributed by atoms with Crippen molar-refractivity contribution < 1.29 is 8.42 Å². The highest BCUT2D eigenvalue weighted by Gasteiger charge is 2.47. The second-order valence-corrected chi connectivity index (χ2v) is 11.2. The highest BCUT2D eigenvalue weighted by molar-refractivity contribution is 9.10. The number of aryl methyl sites for hydroxylation is 2. The number of nitrogens with zero attached hydrogens (tertiary/aromatic N) is 2. The minimum absolute atomic E-state index is 0.0930. The largest absolute Gasteiger partial charge is 0.315 e. The summed E-state index contributed by atoms with van der Waals surface area (Å²) in [6, 6.07) is 14.3. The van der Waals surface area contributed by atoms with Crippen LogP contribution in [0.2, 0.25) is 0 Å². The van der Waals surface area contributed by atoms with Gasteiger partial charge in [-0.3, -0.25) is 4.99 Å². The van der Waals surface area contributed by atoms with Gasteiger partial charge >= 0.3 is 0 Å². The topological polar surface area (TPSA) is 49.7 Å². The number of fused-ring (bicyclic) bond motifs is 1. The molecule has 0 spiro atoms. The zero-order valence-electron chi connectivity index (χ0n) is 15.2. The molecule has 0 radical (unpaired) electrons. The first-order valence-electron chi connectivity index (χ1n) is 8.84.